The van der Waals surface area contributed by atoms with Gasteiger partial charge in [0.05, 0.1) is 14.2 Å². The summed E-state index contributed by atoms with van der Waals surface area (Å²) in [7, 11) is 4.16. The first-order chi connectivity index (χ1) is 8.63. The third-order valence-electron chi connectivity index (χ3n) is 3.85. The van der Waals surface area contributed by atoms with Gasteiger partial charge in [0.15, 0.2) is 5.41 Å². The molecule has 0 aromatic carbocycles. The minimum absolute atomic E-state index is 0.00690. The van der Waals surface area contributed by atoms with Gasteiger partial charge in [0.25, 0.3) is 0 Å². The van der Waals surface area contributed by atoms with E-state index in [0.29, 0.717) is 13.0 Å². The molecule has 0 aromatic rings. The van der Waals surface area contributed by atoms with Gasteiger partial charge in [-0.25, -0.2) is 0 Å². The van der Waals surface area contributed by atoms with Crippen LogP contribution in [-0.2, 0) is 23.8 Å². The zero-order valence-electron chi connectivity index (χ0n) is 11.4. The normalized spacial score (nSPS) is 16.6. The average Bonchev–Trinajstić information content (AvgIpc) is 2.93. The highest BCUT2D eigenvalue weighted by Gasteiger charge is 2.54. The van der Waals surface area contributed by atoms with E-state index in [4.69, 9.17) is 14.2 Å². The fraction of sp³-hybridized carbons (Fsp3) is 0.846. The second-order valence-electron chi connectivity index (χ2n) is 4.68. The van der Waals surface area contributed by atoms with Crippen molar-refractivity contribution in [1.82, 2.24) is 0 Å². The van der Waals surface area contributed by atoms with E-state index in [1.807, 2.05) is 0 Å². The Kier molecular flexibility index (Phi) is 5.59. The summed E-state index contributed by atoms with van der Waals surface area (Å²) >= 11 is 0. The van der Waals surface area contributed by atoms with Gasteiger partial charge in [-0.3, -0.25) is 9.59 Å². The molecule has 1 aliphatic carbocycles. The minimum atomic E-state index is -1.20. The van der Waals surface area contributed by atoms with Crippen LogP contribution in [0.15, 0.2) is 0 Å². The molecule has 5 heteroatoms. The van der Waals surface area contributed by atoms with Gasteiger partial charge in [-0.15, -0.1) is 0 Å². The molecule has 0 saturated heterocycles. The quantitative estimate of drug-likeness (QED) is 0.534. The topological polar surface area (TPSA) is 61.8 Å². The Hall–Kier alpha value is -1.10. The van der Waals surface area contributed by atoms with E-state index in [1.165, 1.54) is 14.2 Å². The molecule has 0 amide bonds. The highest BCUT2D eigenvalue weighted by Crippen LogP contribution is 2.44. The molecule has 1 saturated carbocycles. The van der Waals surface area contributed by atoms with Gasteiger partial charge in [0.1, 0.15) is 0 Å². The molecule has 0 radical (unpaired) electrons. The number of ether oxygens (including phenoxy) is 3. The third kappa shape index (κ3) is 2.66. The fourth-order valence-electron chi connectivity index (χ4n) is 2.87. The first-order valence-electron chi connectivity index (χ1n) is 6.29. The number of rotatable bonds is 6. The van der Waals surface area contributed by atoms with Crippen LogP contribution in [0.4, 0.5) is 0 Å². The summed E-state index contributed by atoms with van der Waals surface area (Å²) in [5.74, 6) is -1.01. The van der Waals surface area contributed by atoms with Gasteiger partial charge in [-0.05, 0) is 25.2 Å². The summed E-state index contributed by atoms with van der Waals surface area (Å²) in [5.41, 5.74) is -1.20. The van der Waals surface area contributed by atoms with Gasteiger partial charge < -0.3 is 14.2 Å². The van der Waals surface area contributed by atoms with Crippen LogP contribution in [0.2, 0.25) is 0 Å². The molecule has 18 heavy (non-hydrogen) atoms. The van der Waals surface area contributed by atoms with E-state index >= 15 is 0 Å². The van der Waals surface area contributed by atoms with Crippen molar-refractivity contribution >= 4 is 11.9 Å². The van der Waals surface area contributed by atoms with Gasteiger partial charge in [0, 0.05) is 13.7 Å². The number of hydrogen-bond donors (Lipinski definition) is 0. The minimum Gasteiger partial charge on any atom is -0.468 e. The molecule has 0 bridgehead atoms. The Morgan fingerprint density at radius 1 is 1.06 bits per heavy atom. The molecule has 0 aliphatic heterocycles. The lowest BCUT2D eigenvalue weighted by molar-refractivity contribution is -0.175. The molecule has 0 heterocycles. The lowest BCUT2D eigenvalue weighted by Crippen LogP contribution is -2.47. The van der Waals surface area contributed by atoms with Crippen molar-refractivity contribution in [3.63, 3.8) is 0 Å². The first kappa shape index (κ1) is 15.0. The van der Waals surface area contributed by atoms with Crippen LogP contribution >= 0.6 is 0 Å². The van der Waals surface area contributed by atoms with Crippen molar-refractivity contribution in [3.05, 3.63) is 0 Å². The van der Waals surface area contributed by atoms with Crippen molar-refractivity contribution in [2.75, 3.05) is 27.9 Å². The molecule has 104 valence electrons. The van der Waals surface area contributed by atoms with Crippen molar-refractivity contribution in [3.8, 4) is 0 Å². The van der Waals surface area contributed by atoms with Crippen LogP contribution in [0.1, 0.15) is 32.1 Å². The zero-order chi connectivity index (χ0) is 13.6. The summed E-state index contributed by atoms with van der Waals surface area (Å²) in [6.07, 6.45) is 4.09. The second-order valence-corrected chi connectivity index (χ2v) is 4.68. The summed E-state index contributed by atoms with van der Waals surface area (Å²) in [5, 5.41) is 0. The van der Waals surface area contributed by atoms with E-state index in [1.54, 1.807) is 7.11 Å². The lowest BCUT2D eigenvalue weighted by atomic mass is 9.72. The lowest BCUT2D eigenvalue weighted by Gasteiger charge is -2.33. The number of methoxy groups -OCH3 is 3. The van der Waals surface area contributed by atoms with Crippen molar-refractivity contribution in [1.29, 1.82) is 0 Å². The predicted octanol–water partition coefficient (Wildman–Crippen LogP) is 1.55. The summed E-state index contributed by atoms with van der Waals surface area (Å²) < 4.78 is 14.7. The SMILES string of the molecule is COCCC(C(=O)OC)(C(=O)OC)C1CCCC1. The van der Waals surface area contributed by atoms with Crippen LogP contribution in [0.3, 0.4) is 0 Å². The maximum absolute atomic E-state index is 12.1. The van der Waals surface area contributed by atoms with E-state index in [2.05, 4.69) is 0 Å². The number of hydrogen-bond acceptors (Lipinski definition) is 5. The Bertz CT molecular complexity index is 278. The standard InChI is InChI=1S/C13H22O5/c1-16-9-8-13(11(14)17-2,12(15)18-3)10-6-4-5-7-10/h10H,4-9H2,1-3H3. The van der Waals surface area contributed by atoms with Crippen molar-refractivity contribution < 1.29 is 23.8 Å². The maximum Gasteiger partial charge on any atom is 0.323 e. The Balaban J connectivity index is 3.06. The molecule has 0 atom stereocenters. The average molecular weight is 258 g/mol. The molecule has 0 aromatic heterocycles. The molecule has 1 rings (SSSR count). The van der Waals surface area contributed by atoms with Crippen molar-refractivity contribution in [2.24, 2.45) is 11.3 Å². The predicted molar refractivity (Wildman–Crippen MR) is 64.9 cm³/mol. The highest BCUT2D eigenvalue weighted by molar-refractivity contribution is 6.00. The monoisotopic (exact) mass is 258 g/mol. The number of carbonyl (C=O) groups is 2. The van der Waals surface area contributed by atoms with E-state index in [0.717, 1.165) is 25.7 Å². The fourth-order valence-corrected chi connectivity index (χ4v) is 2.87. The molecular formula is C13H22O5. The highest BCUT2D eigenvalue weighted by atomic mass is 16.5. The summed E-state index contributed by atoms with van der Waals surface area (Å²) in [6.45, 7) is 0.334. The van der Waals surface area contributed by atoms with Crippen LogP contribution in [-0.4, -0.2) is 39.9 Å². The van der Waals surface area contributed by atoms with E-state index in [-0.39, 0.29) is 5.92 Å². The van der Waals surface area contributed by atoms with Crippen LogP contribution in [0.25, 0.3) is 0 Å². The Morgan fingerprint density at radius 2 is 1.56 bits per heavy atom. The van der Waals surface area contributed by atoms with E-state index < -0.39 is 17.4 Å². The molecule has 1 fully saturated rings. The molecular weight excluding hydrogens is 236 g/mol. The van der Waals surface area contributed by atoms with Gasteiger partial charge in [-0.1, -0.05) is 12.8 Å². The summed E-state index contributed by atoms with van der Waals surface area (Å²) in [6, 6.07) is 0. The van der Waals surface area contributed by atoms with Crippen molar-refractivity contribution in [2.45, 2.75) is 32.1 Å². The Morgan fingerprint density at radius 3 is 1.94 bits per heavy atom. The van der Waals surface area contributed by atoms with Gasteiger partial charge in [-0.2, -0.15) is 0 Å². The molecule has 0 spiro atoms. The second kappa shape index (κ2) is 6.73. The molecule has 5 nitrogen and oxygen atoms in total. The molecule has 1 aliphatic rings. The van der Waals surface area contributed by atoms with Gasteiger partial charge in [0.2, 0.25) is 0 Å². The molecule has 0 unspecified atom stereocenters. The summed E-state index contributed by atoms with van der Waals surface area (Å²) in [4.78, 5) is 24.3. The number of carbonyl (C=O) groups excluding carboxylic acids is 2. The largest absolute Gasteiger partial charge is 0.468 e. The van der Waals surface area contributed by atoms with Crippen LogP contribution < -0.4 is 0 Å². The van der Waals surface area contributed by atoms with Crippen LogP contribution in [0, 0.1) is 11.3 Å². The zero-order valence-corrected chi connectivity index (χ0v) is 11.4. The molecule has 0 N–H and O–H groups in total. The van der Waals surface area contributed by atoms with E-state index in [9.17, 15) is 9.59 Å². The smallest absolute Gasteiger partial charge is 0.323 e. The maximum atomic E-state index is 12.1. The third-order valence-corrected chi connectivity index (χ3v) is 3.85. The number of esters is 2. The van der Waals surface area contributed by atoms with Crippen LogP contribution in [0.5, 0.6) is 0 Å². The van der Waals surface area contributed by atoms with Gasteiger partial charge >= 0.3 is 11.9 Å². The first-order valence-corrected chi connectivity index (χ1v) is 6.29. The Labute approximate surface area is 108 Å².